The highest BCUT2D eigenvalue weighted by molar-refractivity contribution is 5.56. The molecule has 0 saturated carbocycles. The van der Waals surface area contributed by atoms with Crippen LogP contribution < -0.4 is 5.32 Å². The Morgan fingerprint density at radius 3 is 3.24 bits per heavy atom. The summed E-state index contributed by atoms with van der Waals surface area (Å²) in [5, 5.41) is 14.1. The first-order chi connectivity index (χ1) is 10.1. The summed E-state index contributed by atoms with van der Waals surface area (Å²) in [5.74, 6) is 0.326. The zero-order chi connectivity index (χ0) is 14.8. The van der Waals surface area contributed by atoms with Gasteiger partial charge < -0.3 is 10.1 Å². The molecular weight excluding hydrogens is 272 g/mol. The van der Waals surface area contributed by atoms with Crippen LogP contribution >= 0.6 is 0 Å². The number of nitrogens with one attached hydrogen (secondary N) is 1. The third-order valence-electron chi connectivity index (χ3n) is 4.17. The molecule has 3 heterocycles. The molecule has 2 unspecified atom stereocenters. The maximum atomic E-state index is 11.0. The molecule has 0 bridgehead atoms. The molecule has 0 radical (unpaired) electrons. The van der Waals surface area contributed by atoms with Gasteiger partial charge in [-0.15, -0.1) is 0 Å². The molecule has 2 atom stereocenters. The van der Waals surface area contributed by atoms with Gasteiger partial charge >= 0.3 is 5.69 Å². The molecule has 21 heavy (non-hydrogen) atoms. The highest BCUT2D eigenvalue weighted by atomic mass is 16.6. The number of rotatable bonds is 4. The molecule has 0 spiro atoms. The Kier molecular flexibility index (Phi) is 4.03. The third-order valence-corrected chi connectivity index (χ3v) is 4.17. The fourth-order valence-corrected chi connectivity index (χ4v) is 3.05. The minimum Gasteiger partial charge on any atom is -0.373 e. The van der Waals surface area contributed by atoms with E-state index in [1.807, 2.05) is 6.92 Å². The van der Waals surface area contributed by atoms with E-state index in [2.05, 4.69) is 15.2 Å². The Bertz CT molecular complexity index is 537. The first kappa shape index (κ1) is 14.2. The second kappa shape index (κ2) is 5.95. The predicted octanol–water partition coefficient (Wildman–Crippen LogP) is 1.57. The number of nitrogens with zero attached hydrogens (tertiary/aromatic N) is 3. The van der Waals surface area contributed by atoms with Gasteiger partial charge in [0.2, 0.25) is 5.82 Å². The molecule has 2 aliphatic rings. The SMILES string of the molecule is Cc1ccc([N+](=O)[O-])c(NCC2CN3CCCC3CO2)n1. The number of aryl methyl sites for hydroxylation is 1. The predicted molar refractivity (Wildman–Crippen MR) is 78.5 cm³/mol. The maximum absolute atomic E-state index is 11.0. The summed E-state index contributed by atoms with van der Waals surface area (Å²) in [7, 11) is 0. The van der Waals surface area contributed by atoms with Gasteiger partial charge in [0.15, 0.2) is 0 Å². The van der Waals surface area contributed by atoms with Crippen molar-refractivity contribution in [3.63, 3.8) is 0 Å². The zero-order valence-electron chi connectivity index (χ0n) is 12.1. The van der Waals surface area contributed by atoms with Crippen molar-refractivity contribution in [1.29, 1.82) is 0 Å². The molecular formula is C14H20N4O3. The van der Waals surface area contributed by atoms with Crippen LogP contribution in [0.3, 0.4) is 0 Å². The number of ether oxygens (including phenoxy) is 1. The largest absolute Gasteiger partial charge is 0.373 e. The molecule has 1 aromatic rings. The van der Waals surface area contributed by atoms with Crippen LogP contribution in [0.2, 0.25) is 0 Å². The molecule has 7 nitrogen and oxygen atoms in total. The van der Waals surface area contributed by atoms with Crippen LogP contribution in [0, 0.1) is 17.0 Å². The van der Waals surface area contributed by atoms with E-state index in [4.69, 9.17) is 4.74 Å². The average Bonchev–Trinajstić information content (AvgIpc) is 2.92. The van der Waals surface area contributed by atoms with Crippen LogP contribution in [0.1, 0.15) is 18.5 Å². The molecule has 2 aliphatic heterocycles. The van der Waals surface area contributed by atoms with Gasteiger partial charge in [0.25, 0.3) is 0 Å². The summed E-state index contributed by atoms with van der Waals surface area (Å²) in [6, 6.07) is 3.70. The summed E-state index contributed by atoms with van der Waals surface area (Å²) < 4.78 is 5.84. The van der Waals surface area contributed by atoms with Gasteiger partial charge in [-0.05, 0) is 32.4 Å². The fourth-order valence-electron chi connectivity index (χ4n) is 3.05. The second-order valence-electron chi connectivity index (χ2n) is 5.70. The van der Waals surface area contributed by atoms with Gasteiger partial charge in [0.05, 0.1) is 17.6 Å². The normalized spacial score (nSPS) is 25.6. The van der Waals surface area contributed by atoms with Gasteiger partial charge in [0, 0.05) is 30.9 Å². The molecule has 0 amide bonds. The standard InChI is InChI=1S/C14H20N4O3/c1-10-4-5-13(18(19)20)14(16-10)15-7-12-8-17-6-2-3-11(17)9-21-12/h4-5,11-12H,2-3,6-9H2,1H3,(H,15,16). The minimum absolute atomic E-state index is 0.00968. The summed E-state index contributed by atoms with van der Waals surface area (Å²) in [6.45, 7) is 5.14. The summed E-state index contributed by atoms with van der Waals surface area (Å²) in [6.07, 6.45) is 2.51. The van der Waals surface area contributed by atoms with E-state index < -0.39 is 4.92 Å². The van der Waals surface area contributed by atoms with Crippen LogP contribution in [0.4, 0.5) is 11.5 Å². The zero-order valence-corrected chi connectivity index (χ0v) is 12.1. The van der Waals surface area contributed by atoms with E-state index in [0.29, 0.717) is 18.4 Å². The lowest BCUT2D eigenvalue weighted by Crippen LogP contribution is -2.48. The number of aromatic nitrogens is 1. The Morgan fingerprint density at radius 2 is 2.43 bits per heavy atom. The molecule has 1 N–H and O–H groups in total. The van der Waals surface area contributed by atoms with Crippen molar-refractivity contribution < 1.29 is 9.66 Å². The second-order valence-corrected chi connectivity index (χ2v) is 5.70. The Morgan fingerprint density at radius 1 is 1.57 bits per heavy atom. The lowest BCUT2D eigenvalue weighted by Gasteiger charge is -2.35. The lowest BCUT2D eigenvalue weighted by molar-refractivity contribution is -0.384. The summed E-state index contributed by atoms with van der Waals surface area (Å²) in [4.78, 5) is 17.3. The highest BCUT2D eigenvalue weighted by Crippen LogP contribution is 2.24. The number of morpholine rings is 1. The highest BCUT2D eigenvalue weighted by Gasteiger charge is 2.32. The van der Waals surface area contributed by atoms with Gasteiger partial charge in [0.1, 0.15) is 0 Å². The lowest BCUT2D eigenvalue weighted by atomic mass is 10.2. The third kappa shape index (κ3) is 3.14. The maximum Gasteiger partial charge on any atom is 0.311 e. The topological polar surface area (TPSA) is 80.5 Å². The minimum atomic E-state index is -0.410. The molecule has 114 valence electrons. The van der Waals surface area contributed by atoms with Crippen LogP contribution in [0.5, 0.6) is 0 Å². The van der Waals surface area contributed by atoms with Crippen LogP contribution in [-0.2, 0) is 4.74 Å². The Balaban J connectivity index is 1.62. The van der Waals surface area contributed by atoms with E-state index in [0.717, 1.165) is 25.4 Å². The fraction of sp³-hybridized carbons (Fsp3) is 0.643. The molecule has 1 aromatic heterocycles. The van der Waals surface area contributed by atoms with Crippen LogP contribution in [0.15, 0.2) is 12.1 Å². The summed E-state index contributed by atoms with van der Waals surface area (Å²) >= 11 is 0. The van der Waals surface area contributed by atoms with Crippen molar-refractivity contribution in [2.45, 2.75) is 31.9 Å². The van der Waals surface area contributed by atoms with Crippen molar-refractivity contribution in [3.05, 3.63) is 27.9 Å². The number of hydrogen-bond donors (Lipinski definition) is 1. The molecule has 0 aliphatic carbocycles. The monoisotopic (exact) mass is 292 g/mol. The number of nitro groups is 1. The van der Waals surface area contributed by atoms with E-state index in [-0.39, 0.29) is 11.8 Å². The van der Waals surface area contributed by atoms with Crippen molar-refractivity contribution in [1.82, 2.24) is 9.88 Å². The van der Waals surface area contributed by atoms with E-state index in [1.54, 1.807) is 6.07 Å². The smallest absolute Gasteiger partial charge is 0.311 e. The molecule has 3 rings (SSSR count). The van der Waals surface area contributed by atoms with Crippen molar-refractivity contribution in [2.75, 3.05) is 31.6 Å². The van der Waals surface area contributed by atoms with Gasteiger partial charge in [-0.3, -0.25) is 15.0 Å². The van der Waals surface area contributed by atoms with Crippen LogP contribution in [-0.4, -0.2) is 53.2 Å². The van der Waals surface area contributed by atoms with Crippen molar-refractivity contribution in [3.8, 4) is 0 Å². The molecule has 0 aromatic carbocycles. The average molecular weight is 292 g/mol. The van der Waals surface area contributed by atoms with Crippen molar-refractivity contribution >= 4 is 11.5 Å². The van der Waals surface area contributed by atoms with E-state index >= 15 is 0 Å². The van der Waals surface area contributed by atoms with Gasteiger partial charge in [-0.25, -0.2) is 4.98 Å². The molecule has 7 heteroatoms. The number of anilines is 1. The number of fused-ring (bicyclic) bond motifs is 1. The van der Waals surface area contributed by atoms with Crippen LogP contribution in [0.25, 0.3) is 0 Å². The summed E-state index contributed by atoms with van der Waals surface area (Å²) in [5.41, 5.74) is 0.766. The van der Waals surface area contributed by atoms with Gasteiger partial charge in [-0.1, -0.05) is 0 Å². The van der Waals surface area contributed by atoms with Gasteiger partial charge in [-0.2, -0.15) is 0 Å². The first-order valence-corrected chi connectivity index (χ1v) is 7.35. The Hall–Kier alpha value is -1.73. The van der Waals surface area contributed by atoms with Crippen molar-refractivity contribution in [2.24, 2.45) is 0 Å². The number of pyridine rings is 1. The van der Waals surface area contributed by atoms with E-state index in [9.17, 15) is 10.1 Å². The molecule has 2 saturated heterocycles. The van der Waals surface area contributed by atoms with E-state index in [1.165, 1.54) is 18.9 Å². The molecule has 2 fully saturated rings. The Labute approximate surface area is 123 Å². The quantitative estimate of drug-likeness (QED) is 0.670. The number of hydrogen-bond acceptors (Lipinski definition) is 6. The first-order valence-electron chi connectivity index (χ1n) is 7.35.